The number of rotatable bonds is 4. The Morgan fingerprint density at radius 2 is 2.18 bits per heavy atom. The second-order valence-corrected chi connectivity index (χ2v) is 4.76. The summed E-state index contributed by atoms with van der Waals surface area (Å²) in [5.74, 6) is 0.625. The highest BCUT2D eigenvalue weighted by atomic mass is 19.3. The average Bonchev–Trinajstić information content (AvgIpc) is 2.91. The van der Waals surface area contributed by atoms with Crippen LogP contribution in [0.4, 0.5) is 14.7 Å². The number of aromatic nitrogens is 4. The van der Waals surface area contributed by atoms with Crippen LogP contribution in [-0.4, -0.2) is 32.3 Å². The third kappa shape index (κ3) is 3.02. The largest absolute Gasteiger partial charge is 0.433 e. The lowest BCUT2D eigenvalue weighted by atomic mass is 10.2. The second kappa shape index (κ2) is 6.04. The van der Waals surface area contributed by atoms with Crippen LogP contribution in [-0.2, 0) is 13.0 Å². The van der Waals surface area contributed by atoms with Gasteiger partial charge in [0, 0.05) is 13.0 Å². The van der Waals surface area contributed by atoms with E-state index in [1.54, 1.807) is 0 Å². The number of amides is 1. The molecule has 0 fully saturated rings. The Kier molecular flexibility index (Phi) is 3.94. The summed E-state index contributed by atoms with van der Waals surface area (Å²) in [5, 5.41) is 10.6. The van der Waals surface area contributed by atoms with Gasteiger partial charge in [-0.05, 0) is 25.0 Å². The highest BCUT2D eigenvalue weighted by Crippen LogP contribution is 2.18. The van der Waals surface area contributed by atoms with Crippen LogP contribution in [0.15, 0.2) is 18.3 Å². The van der Waals surface area contributed by atoms with Crippen LogP contribution in [0.25, 0.3) is 0 Å². The molecule has 0 unspecified atom stereocenters. The molecular formula is C13H13F2N5O2. The molecule has 0 radical (unpaired) electrons. The third-order valence-electron chi connectivity index (χ3n) is 3.28. The van der Waals surface area contributed by atoms with Gasteiger partial charge in [0.25, 0.3) is 5.91 Å². The van der Waals surface area contributed by atoms with Crippen molar-refractivity contribution in [3.8, 4) is 5.75 Å². The minimum atomic E-state index is -2.93. The van der Waals surface area contributed by atoms with Crippen molar-refractivity contribution in [2.24, 2.45) is 0 Å². The van der Waals surface area contributed by atoms with Crippen LogP contribution < -0.4 is 10.1 Å². The molecule has 0 aliphatic carbocycles. The maximum Gasteiger partial charge on any atom is 0.387 e. The van der Waals surface area contributed by atoms with Gasteiger partial charge in [-0.2, -0.15) is 8.78 Å². The van der Waals surface area contributed by atoms with E-state index in [9.17, 15) is 13.6 Å². The van der Waals surface area contributed by atoms with Gasteiger partial charge in [0.05, 0.1) is 6.20 Å². The van der Waals surface area contributed by atoms with Crippen LogP contribution in [0, 0.1) is 0 Å². The van der Waals surface area contributed by atoms with E-state index in [0.29, 0.717) is 5.95 Å². The SMILES string of the molecule is O=C(Nc1nnc2n1CCCC2)c1ccc(OC(F)F)cn1. The van der Waals surface area contributed by atoms with Crippen LogP contribution in [0.1, 0.15) is 29.2 Å². The first-order valence-electron chi connectivity index (χ1n) is 6.78. The van der Waals surface area contributed by atoms with E-state index in [4.69, 9.17) is 0 Å². The molecule has 0 saturated carbocycles. The number of anilines is 1. The molecule has 1 N–H and O–H groups in total. The zero-order valence-corrected chi connectivity index (χ0v) is 11.5. The number of halogens is 2. The van der Waals surface area contributed by atoms with Gasteiger partial charge in [-0.3, -0.25) is 14.7 Å². The molecule has 116 valence electrons. The third-order valence-corrected chi connectivity index (χ3v) is 3.28. The van der Waals surface area contributed by atoms with Gasteiger partial charge in [-0.1, -0.05) is 0 Å². The van der Waals surface area contributed by atoms with Gasteiger partial charge in [0.15, 0.2) is 0 Å². The predicted molar refractivity (Wildman–Crippen MR) is 71.8 cm³/mol. The number of nitrogens with one attached hydrogen (secondary N) is 1. The predicted octanol–water partition coefficient (Wildman–Crippen LogP) is 1.86. The first-order valence-corrected chi connectivity index (χ1v) is 6.78. The molecule has 1 amide bonds. The maximum atomic E-state index is 12.1. The first kappa shape index (κ1) is 14.4. The maximum absolute atomic E-state index is 12.1. The van der Waals surface area contributed by atoms with E-state index >= 15 is 0 Å². The van der Waals surface area contributed by atoms with Crippen molar-refractivity contribution in [3.63, 3.8) is 0 Å². The topological polar surface area (TPSA) is 81.9 Å². The Balaban J connectivity index is 1.70. The van der Waals surface area contributed by atoms with E-state index in [1.165, 1.54) is 12.1 Å². The van der Waals surface area contributed by atoms with Gasteiger partial charge >= 0.3 is 6.61 Å². The van der Waals surface area contributed by atoms with Gasteiger partial charge in [-0.15, -0.1) is 10.2 Å². The van der Waals surface area contributed by atoms with Gasteiger partial charge in [-0.25, -0.2) is 4.98 Å². The standard InChI is InChI=1S/C13H13F2N5O2/c14-12(15)22-8-4-5-9(16-7-8)11(21)17-13-19-18-10-3-1-2-6-20(10)13/h4-5,7,12H,1-3,6H2,(H,17,19,21). The Bertz CT molecular complexity index is 672. The fourth-order valence-corrected chi connectivity index (χ4v) is 2.25. The molecule has 3 rings (SSSR count). The van der Waals surface area contributed by atoms with Crippen molar-refractivity contribution >= 4 is 11.9 Å². The first-order chi connectivity index (χ1) is 10.6. The molecule has 0 saturated heterocycles. The molecule has 22 heavy (non-hydrogen) atoms. The van der Waals surface area contributed by atoms with Crippen molar-refractivity contribution in [2.75, 3.05) is 5.32 Å². The Morgan fingerprint density at radius 3 is 2.91 bits per heavy atom. The molecule has 2 aromatic rings. The molecule has 0 spiro atoms. The van der Waals surface area contributed by atoms with E-state index in [1.807, 2.05) is 4.57 Å². The Hall–Kier alpha value is -2.58. The lowest BCUT2D eigenvalue weighted by Crippen LogP contribution is -2.19. The summed E-state index contributed by atoms with van der Waals surface area (Å²) < 4.78 is 30.1. The number of pyridine rings is 1. The van der Waals surface area contributed by atoms with Crippen LogP contribution >= 0.6 is 0 Å². The fraction of sp³-hybridized carbons (Fsp3) is 0.385. The van der Waals surface area contributed by atoms with E-state index in [2.05, 4.69) is 25.2 Å². The number of aryl methyl sites for hydroxylation is 1. The lowest BCUT2D eigenvalue weighted by Gasteiger charge is -2.14. The number of hydrogen-bond acceptors (Lipinski definition) is 5. The van der Waals surface area contributed by atoms with Crippen LogP contribution in [0.5, 0.6) is 5.75 Å². The number of alkyl halides is 2. The zero-order chi connectivity index (χ0) is 15.5. The summed E-state index contributed by atoms with van der Waals surface area (Å²) in [6, 6.07) is 2.56. The van der Waals surface area contributed by atoms with E-state index < -0.39 is 12.5 Å². The lowest BCUT2D eigenvalue weighted by molar-refractivity contribution is -0.0500. The van der Waals surface area contributed by atoms with Crippen LogP contribution in [0.2, 0.25) is 0 Å². The smallest absolute Gasteiger partial charge is 0.387 e. The number of nitrogens with zero attached hydrogens (tertiary/aromatic N) is 4. The van der Waals surface area contributed by atoms with Crippen molar-refractivity contribution in [1.82, 2.24) is 19.7 Å². The minimum absolute atomic E-state index is 0.0785. The van der Waals surface area contributed by atoms with Gasteiger partial charge in [0.2, 0.25) is 5.95 Å². The fourth-order valence-electron chi connectivity index (χ4n) is 2.25. The number of carbonyl (C=O) groups excluding carboxylic acids is 1. The summed E-state index contributed by atoms with van der Waals surface area (Å²) in [4.78, 5) is 15.9. The molecular weight excluding hydrogens is 296 g/mol. The van der Waals surface area contributed by atoms with Crippen molar-refractivity contribution in [2.45, 2.75) is 32.4 Å². The number of hydrogen-bond donors (Lipinski definition) is 1. The normalized spacial score (nSPS) is 13.8. The molecule has 0 aromatic carbocycles. The van der Waals surface area contributed by atoms with Gasteiger partial charge < -0.3 is 4.74 Å². The molecule has 3 heterocycles. The summed E-state index contributed by atoms with van der Waals surface area (Å²) in [6.07, 6.45) is 3.96. The van der Waals surface area contributed by atoms with E-state index in [-0.39, 0.29) is 11.4 Å². The van der Waals surface area contributed by atoms with Crippen molar-refractivity contribution < 1.29 is 18.3 Å². The highest BCUT2D eigenvalue weighted by Gasteiger charge is 2.18. The molecule has 0 atom stereocenters. The van der Waals surface area contributed by atoms with Crippen LogP contribution in [0.3, 0.4) is 0 Å². The molecule has 7 nitrogen and oxygen atoms in total. The molecule has 0 bridgehead atoms. The molecule has 1 aliphatic rings. The summed E-state index contributed by atoms with van der Waals surface area (Å²) in [6.45, 7) is -2.17. The van der Waals surface area contributed by atoms with Crippen molar-refractivity contribution in [3.05, 3.63) is 29.8 Å². The molecule has 2 aromatic heterocycles. The summed E-state index contributed by atoms with van der Waals surface area (Å²) in [5.41, 5.74) is 0.0785. The number of fused-ring (bicyclic) bond motifs is 1. The quantitative estimate of drug-likeness (QED) is 0.932. The van der Waals surface area contributed by atoms with Crippen molar-refractivity contribution in [1.29, 1.82) is 0 Å². The second-order valence-electron chi connectivity index (χ2n) is 4.76. The van der Waals surface area contributed by atoms with E-state index in [0.717, 1.165) is 37.8 Å². The zero-order valence-electron chi connectivity index (χ0n) is 11.5. The Morgan fingerprint density at radius 1 is 1.32 bits per heavy atom. The Labute approximate surface area is 124 Å². The highest BCUT2D eigenvalue weighted by molar-refractivity contribution is 6.01. The summed E-state index contributed by atoms with van der Waals surface area (Å²) in [7, 11) is 0. The number of ether oxygens (including phenoxy) is 1. The monoisotopic (exact) mass is 309 g/mol. The number of carbonyl (C=O) groups is 1. The average molecular weight is 309 g/mol. The minimum Gasteiger partial charge on any atom is -0.433 e. The molecule has 9 heteroatoms. The molecule has 1 aliphatic heterocycles. The summed E-state index contributed by atoms with van der Waals surface area (Å²) >= 11 is 0. The van der Waals surface area contributed by atoms with Gasteiger partial charge in [0.1, 0.15) is 17.3 Å².